The van der Waals surface area contributed by atoms with E-state index in [1.807, 2.05) is 27.7 Å². The van der Waals surface area contributed by atoms with Crippen LogP contribution in [0.4, 0.5) is 0 Å². The highest BCUT2D eigenvalue weighted by Gasteiger charge is 2.22. The second-order valence-electron chi connectivity index (χ2n) is 21.7. The summed E-state index contributed by atoms with van der Waals surface area (Å²) >= 11 is 7.30. The van der Waals surface area contributed by atoms with Crippen LogP contribution in [0.3, 0.4) is 0 Å². The van der Waals surface area contributed by atoms with Gasteiger partial charge in [0.15, 0.2) is 0 Å². The lowest BCUT2D eigenvalue weighted by atomic mass is 10.1. The smallest absolute Gasteiger partial charge is 0.323 e. The van der Waals surface area contributed by atoms with E-state index < -0.39 is 126 Å². The summed E-state index contributed by atoms with van der Waals surface area (Å²) in [7, 11) is 0. The molecule has 0 bridgehead atoms. The standard InChI is InChI=1S/2C6H14N2O2.2C6H13NO2.2C5H9NO2.2C5H11NO2.C4H9NO3.2C3H7NO2S/c2*7-4-2-1-3-5(8)6(9)10;2*1-4(2)3-5(7)6(8)9;2*7-5(8)4-2-1-3-6-4;2*1-3(2)4(6)5(7)8;1-2(6)3(5)4(7)8;2*4-2(1-7)3(5)6/h2*5H,1-4,7-8H2,(H,9,10);2*4-5H,3,7H2,1-2H3,(H,8,9);2*4,6H,1-3H2,(H,7,8);2*3-4H,6H2,1-2H3,(H,7,8);2-3,6H,5H2,1H3,(H,7,8);2*2,7H,1,4H2,(H,5,6)/t4*5-;4*4-;2-,3+;2*2-/m00000000100/s1. The van der Waals surface area contributed by atoms with Gasteiger partial charge in [-0.15, -0.1) is 0 Å². The zero-order chi connectivity index (χ0) is 74.7. The van der Waals surface area contributed by atoms with E-state index in [9.17, 15) is 52.7 Å². The van der Waals surface area contributed by atoms with Gasteiger partial charge in [0.05, 0.1) is 6.10 Å². The lowest BCUT2D eigenvalue weighted by Crippen LogP contribution is -2.39. The van der Waals surface area contributed by atoms with Gasteiger partial charge in [0.2, 0.25) is 0 Å². The molecule has 92 heavy (non-hydrogen) atoms. The SMILES string of the molecule is CC(C)C[C@H](N)C(=O)O.CC(C)C[C@H](N)C(=O)O.CC(C)[C@H](N)C(=O)O.CC(C)[C@H](N)C(=O)O.C[C@@H](O)[C@H](N)C(=O)O.NCCCC[C@H](N)C(=O)O.NCCCC[C@H](N)C(=O)O.N[C@@H](CS)C(=O)O.N[C@@H](CS)C(=O)O.O=C(O)[C@@H]1CCCN1.O=C(O)[C@@H]1CCCN1. The number of unbranched alkanes of at least 4 members (excludes halogenated alkanes) is 2. The number of carboxylic acid groups (broad SMARTS) is 11. The number of aliphatic hydroxyl groups excluding tert-OH is 1. The van der Waals surface area contributed by atoms with Crippen LogP contribution in [-0.4, -0.2) is 237 Å². The molecule has 548 valence electrons. The highest BCUT2D eigenvalue weighted by molar-refractivity contribution is 7.80. The molecular weight excluding hydrogens is 1260 g/mol. The van der Waals surface area contributed by atoms with Crippen LogP contribution in [0.1, 0.15) is 139 Å². The zero-order valence-corrected chi connectivity index (χ0v) is 56.4. The number of carboxylic acids is 11. The van der Waals surface area contributed by atoms with Gasteiger partial charge in [-0.05, 0) is 121 Å². The Morgan fingerprint density at radius 3 is 0.696 bits per heavy atom. The van der Waals surface area contributed by atoms with Crippen LogP contribution in [0.2, 0.25) is 0 Å². The van der Waals surface area contributed by atoms with Crippen LogP contribution in [0.25, 0.3) is 0 Å². The second kappa shape index (κ2) is 66.8. The number of hydrogen-bond acceptors (Lipinski definition) is 27. The molecule has 0 aliphatic carbocycles. The van der Waals surface area contributed by atoms with Crippen molar-refractivity contribution < 1.29 is 114 Å². The van der Waals surface area contributed by atoms with Gasteiger partial charge < -0.3 is 135 Å². The number of aliphatic hydroxyl groups is 1. The summed E-state index contributed by atoms with van der Waals surface area (Å²) in [6.45, 7) is 19.2. The predicted molar refractivity (Wildman–Crippen MR) is 352 cm³/mol. The molecule has 0 spiro atoms. The highest BCUT2D eigenvalue weighted by Crippen LogP contribution is 2.06. The maximum atomic E-state index is 10.1. The lowest BCUT2D eigenvalue weighted by molar-refractivity contribution is -0.141. The van der Waals surface area contributed by atoms with Gasteiger partial charge in [0.25, 0.3) is 0 Å². The van der Waals surface area contributed by atoms with Crippen molar-refractivity contribution in [2.24, 2.45) is 86.7 Å². The average Bonchev–Trinajstić information content (AvgIpc) is 4.47. The molecule has 36 nitrogen and oxygen atoms in total. The molecule has 0 aromatic heterocycles. The highest BCUT2D eigenvalue weighted by atomic mass is 32.1. The summed E-state index contributed by atoms with van der Waals surface area (Å²) in [5.74, 6) is -9.05. The fourth-order valence-corrected chi connectivity index (χ4v) is 5.52. The lowest BCUT2D eigenvalue weighted by Gasteiger charge is -2.07. The maximum Gasteiger partial charge on any atom is 0.323 e. The molecule has 0 radical (unpaired) electrons. The fraction of sp³-hybridized carbons (Fsp3) is 0.796. The van der Waals surface area contributed by atoms with Crippen LogP contribution in [0.5, 0.6) is 0 Å². The van der Waals surface area contributed by atoms with Crippen LogP contribution in [0.15, 0.2) is 0 Å². The van der Waals surface area contributed by atoms with Crippen molar-refractivity contribution in [3.8, 4) is 0 Å². The number of carbonyl (C=O) groups is 11. The molecule has 0 aromatic rings. The molecule has 2 aliphatic heterocycles. The van der Waals surface area contributed by atoms with Crippen LogP contribution < -0.4 is 73.7 Å². The number of aliphatic carboxylic acids is 11. The summed E-state index contributed by atoms with van der Waals surface area (Å²) in [6.07, 6.45) is 8.02. The molecule has 2 saturated heterocycles. The van der Waals surface area contributed by atoms with Gasteiger partial charge >= 0.3 is 65.7 Å². The van der Waals surface area contributed by atoms with Gasteiger partial charge in [-0.2, -0.15) is 25.3 Å². The predicted octanol–water partition coefficient (Wildman–Crippen LogP) is -2.87. The molecule has 2 aliphatic rings. The third-order valence-electron chi connectivity index (χ3n) is 11.2. The quantitative estimate of drug-likeness (QED) is 0.0277. The fourth-order valence-electron chi connectivity index (χ4n) is 5.20. The Morgan fingerprint density at radius 1 is 0.380 bits per heavy atom. The first-order valence-corrected chi connectivity index (χ1v) is 30.4. The van der Waals surface area contributed by atoms with Crippen LogP contribution >= 0.6 is 25.3 Å². The Balaban J connectivity index is -0.000000118. The average molecular weight is 1380 g/mol. The van der Waals surface area contributed by atoms with Crippen molar-refractivity contribution in [1.82, 2.24) is 10.6 Å². The van der Waals surface area contributed by atoms with Crippen molar-refractivity contribution in [3.63, 3.8) is 0 Å². The van der Waals surface area contributed by atoms with E-state index in [0.29, 0.717) is 50.6 Å². The van der Waals surface area contributed by atoms with Gasteiger partial charge in [0.1, 0.15) is 66.5 Å². The third kappa shape index (κ3) is 78.6. The van der Waals surface area contributed by atoms with Crippen LogP contribution in [0, 0.1) is 23.7 Å². The van der Waals surface area contributed by atoms with E-state index in [-0.39, 0.29) is 35.4 Å². The van der Waals surface area contributed by atoms with E-state index in [0.717, 1.165) is 64.5 Å². The molecule has 12 atom stereocenters. The minimum Gasteiger partial charge on any atom is -0.480 e. The summed E-state index contributed by atoms with van der Waals surface area (Å²) in [5, 5.41) is 105. The molecule has 38 heteroatoms. The Bertz CT molecular complexity index is 1780. The van der Waals surface area contributed by atoms with Gasteiger partial charge in [-0.3, -0.25) is 52.7 Å². The molecule has 2 fully saturated rings. The Morgan fingerprint density at radius 2 is 0.620 bits per heavy atom. The molecule has 0 unspecified atom stereocenters. The number of nitrogens with one attached hydrogen (secondary N) is 2. The van der Waals surface area contributed by atoms with E-state index >= 15 is 0 Å². The molecular formula is C54H117N13O23S2. The first kappa shape index (κ1) is 105. The molecule has 2 heterocycles. The Kier molecular flexibility index (Phi) is 76.3. The van der Waals surface area contributed by atoms with Gasteiger partial charge in [-0.1, -0.05) is 68.2 Å². The maximum absolute atomic E-state index is 10.1. The zero-order valence-electron chi connectivity index (χ0n) is 54.6. The molecule has 0 aromatic carbocycles. The van der Waals surface area contributed by atoms with Gasteiger partial charge in [-0.25, -0.2) is 0 Å². The molecule has 2 rings (SSSR count). The molecule has 0 saturated carbocycles. The summed E-state index contributed by atoms with van der Waals surface area (Å²) in [5.41, 5.74) is 56.4. The second-order valence-corrected chi connectivity index (χ2v) is 22.4. The van der Waals surface area contributed by atoms with E-state index in [2.05, 4.69) is 35.9 Å². The minimum absolute atomic E-state index is 0.0208. The first-order valence-electron chi connectivity index (χ1n) is 29.2. The Hall–Kier alpha value is -5.69. The van der Waals surface area contributed by atoms with E-state index in [4.69, 9.17) is 124 Å². The minimum atomic E-state index is -1.18. The van der Waals surface area contributed by atoms with Crippen molar-refractivity contribution in [2.75, 3.05) is 37.7 Å². The number of thiol groups is 2. The van der Waals surface area contributed by atoms with Crippen molar-refractivity contribution in [3.05, 3.63) is 0 Å². The largest absolute Gasteiger partial charge is 0.480 e. The summed E-state index contributed by atoms with van der Waals surface area (Å²) in [6, 6.07) is -7.57. The summed E-state index contributed by atoms with van der Waals surface area (Å²) in [4.78, 5) is 110. The van der Waals surface area contributed by atoms with Crippen LogP contribution in [-0.2, 0) is 52.7 Å². The monoisotopic (exact) mass is 1380 g/mol. The van der Waals surface area contributed by atoms with Gasteiger partial charge in [0, 0.05) is 11.5 Å². The molecule has 0 amide bonds. The number of hydrogen-bond donors (Lipinski definition) is 27. The Labute approximate surface area is 550 Å². The van der Waals surface area contributed by atoms with E-state index in [1.54, 1.807) is 27.7 Å². The van der Waals surface area contributed by atoms with E-state index in [1.165, 1.54) is 6.92 Å². The molecule has 36 N–H and O–H groups in total. The third-order valence-corrected chi connectivity index (χ3v) is 12.0. The van der Waals surface area contributed by atoms with Crippen molar-refractivity contribution in [2.45, 2.75) is 212 Å². The number of rotatable bonds is 28. The summed E-state index contributed by atoms with van der Waals surface area (Å²) < 4.78 is 0. The first-order chi connectivity index (χ1) is 42.1. The number of nitrogens with two attached hydrogens (primary N) is 11. The normalized spacial score (nSPS) is 16.4. The van der Waals surface area contributed by atoms with Crippen molar-refractivity contribution in [1.29, 1.82) is 0 Å². The van der Waals surface area contributed by atoms with Crippen molar-refractivity contribution >= 4 is 90.9 Å². The topological polar surface area (TPSA) is 741 Å².